The smallest absolute Gasteiger partial charge is 0.372 e. The number of carbonyl (C=O) groups excluding carboxylic acids is 1. The van der Waals surface area contributed by atoms with E-state index in [1.807, 2.05) is 18.2 Å². The minimum atomic E-state index is -4.31. The number of amides is 1. The summed E-state index contributed by atoms with van der Waals surface area (Å²) in [4.78, 5) is 41.3. The summed E-state index contributed by atoms with van der Waals surface area (Å²) in [6, 6.07) is 18.7. The fraction of sp³-hybridized carbons (Fsp3) is 0.404. The standard InChI is InChI=1S/C47H58N6O6S.O3S/c1-7-51(33-24-26-35-36(31-33)45(56)50-49-44(35)55)29-18-16-28-48-43(54)23-13-10-17-30-53-39-20-15-14-19-37(39)46(3,4)42(53)22-12-9-11-21-41-47(5,6)38-32-34(60(57,58)59)25-27-40(38)52(41)8-2;1-4(2)3/h9,11-12,14-15,19-22,24-27,31-32H,7-8,10,13,16-18,23,28-30H2,1-6H3,(H3-,48,49,50,54,55,56,57,58,59);/p+1. The third kappa shape index (κ3) is 11.4. The van der Waals surface area contributed by atoms with E-state index < -0.39 is 26.1 Å². The molecule has 4 aromatic rings. The second-order valence-corrected chi connectivity index (χ2v) is 18.6. The fourth-order valence-corrected chi connectivity index (χ4v) is 9.21. The van der Waals surface area contributed by atoms with Crippen LogP contribution in [0.4, 0.5) is 17.1 Å². The van der Waals surface area contributed by atoms with E-state index in [1.165, 1.54) is 23.0 Å². The lowest BCUT2D eigenvalue weighted by atomic mass is 9.81. The van der Waals surface area contributed by atoms with E-state index in [4.69, 9.17) is 12.6 Å². The number of para-hydroxylation sites is 1. The molecule has 17 heteroatoms. The highest BCUT2D eigenvalue weighted by molar-refractivity contribution is 7.85. The van der Waals surface area contributed by atoms with Gasteiger partial charge < -0.3 is 15.1 Å². The summed E-state index contributed by atoms with van der Waals surface area (Å²) in [6.45, 7) is 16.5. The molecule has 2 aliphatic rings. The molecule has 1 aromatic heterocycles. The van der Waals surface area contributed by atoms with E-state index in [0.29, 0.717) is 30.3 Å². The normalized spacial score (nSPS) is 15.7. The van der Waals surface area contributed by atoms with Gasteiger partial charge in [0.1, 0.15) is 6.54 Å². The summed E-state index contributed by atoms with van der Waals surface area (Å²) in [5.41, 5.74) is 6.15. The van der Waals surface area contributed by atoms with Crippen LogP contribution in [0.5, 0.6) is 0 Å². The first-order valence-electron chi connectivity index (χ1n) is 21.6. The number of allylic oxidation sites excluding steroid dienone is 6. The SMILES string of the molecule is CCN(CCCCNC(=O)CCCCC[N+]1=C(C=CC=CC=C2N(CC)c3ccc(S(=O)(=O)O)cc3C2(C)C)C(C)(C)c2ccccc21)c1ccc2c(=O)[nH][nH]c(=O)c2c1.O=S(=O)=O. The number of hydrogen-bond donors (Lipinski definition) is 4. The number of anilines is 2. The predicted octanol–water partition coefficient (Wildman–Crippen LogP) is 6.63. The van der Waals surface area contributed by atoms with Crippen LogP contribution in [0.15, 0.2) is 111 Å². The van der Waals surface area contributed by atoms with E-state index in [0.717, 1.165) is 74.4 Å². The van der Waals surface area contributed by atoms with Crippen LogP contribution >= 0.6 is 0 Å². The van der Waals surface area contributed by atoms with Crippen LogP contribution in [0.3, 0.4) is 0 Å². The molecule has 4 N–H and O–H groups in total. The molecule has 6 rings (SSSR count). The van der Waals surface area contributed by atoms with E-state index in [1.54, 1.807) is 24.3 Å². The number of likely N-dealkylation sites (N-methyl/N-ethyl adjacent to an activating group) is 1. The van der Waals surface area contributed by atoms with Gasteiger partial charge in [0.05, 0.1) is 21.1 Å². The number of unbranched alkanes of at least 4 members (excludes halogenated alkanes) is 3. The number of nitrogens with one attached hydrogen (secondary N) is 3. The summed E-state index contributed by atoms with van der Waals surface area (Å²) in [7, 11) is -7.42. The zero-order valence-electron chi connectivity index (χ0n) is 37.3. The Morgan fingerprint density at radius 2 is 1.55 bits per heavy atom. The Labute approximate surface area is 376 Å². The van der Waals surface area contributed by atoms with E-state index in [-0.39, 0.29) is 27.3 Å². The topological polar surface area (TPSA) is 210 Å². The Hall–Kier alpha value is -5.91. The second-order valence-electron chi connectivity index (χ2n) is 16.8. The summed E-state index contributed by atoms with van der Waals surface area (Å²) >= 11 is 0. The van der Waals surface area contributed by atoms with Crippen molar-refractivity contribution in [3.8, 4) is 0 Å². The molecule has 0 bridgehead atoms. The van der Waals surface area contributed by atoms with E-state index >= 15 is 0 Å². The zero-order valence-corrected chi connectivity index (χ0v) is 38.9. The molecule has 0 saturated heterocycles. The predicted molar refractivity (Wildman–Crippen MR) is 251 cm³/mol. The molecular weight excluding hydrogens is 857 g/mol. The zero-order chi connectivity index (χ0) is 46.8. The molecule has 0 fully saturated rings. The van der Waals surface area contributed by atoms with Gasteiger partial charge in [-0.1, -0.05) is 50.3 Å². The molecule has 64 heavy (non-hydrogen) atoms. The first-order chi connectivity index (χ1) is 30.3. The molecule has 15 nitrogen and oxygen atoms in total. The quantitative estimate of drug-likeness (QED) is 0.0360. The number of nitrogens with zero attached hydrogens (tertiary/aromatic N) is 3. The molecule has 342 valence electrons. The van der Waals surface area contributed by atoms with Crippen molar-refractivity contribution in [3.63, 3.8) is 0 Å². The van der Waals surface area contributed by atoms with Gasteiger partial charge in [0.15, 0.2) is 5.71 Å². The lowest BCUT2D eigenvalue weighted by Crippen LogP contribution is -2.28. The van der Waals surface area contributed by atoms with Gasteiger partial charge in [0, 0.05) is 79.2 Å². The summed E-state index contributed by atoms with van der Waals surface area (Å²) in [6.07, 6.45) is 15.3. The molecule has 0 spiro atoms. The molecule has 3 heterocycles. The van der Waals surface area contributed by atoms with Crippen LogP contribution in [-0.4, -0.2) is 84.7 Å². The minimum absolute atomic E-state index is 0.0701. The maximum atomic E-state index is 12.7. The fourth-order valence-electron chi connectivity index (χ4n) is 8.70. The van der Waals surface area contributed by atoms with Gasteiger partial charge in [-0.15, -0.1) is 12.6 Å². The first-order valence-corrected chi connectivity index (χ1v) is 24.0. The highest BCUT2D eigenvalue weighted by Gasteiger charge is 2.44. The number of rotatable bonds is 18. The van der Waals surface area contributed by atoms with Crippen molar-refractivity contribution in [2.45, 2.75) is 95.8 Å². The Kier molecular flexibility index (Phi) is 16.3. The summed E-state index contributed by atoms with van der Waals surface area (Å²) < 4.78 is 61.2. The number of aromatic nitrogens is 2. The highest BCUT2D eigenvalue weighted by Crippen LogP contribution is 2.48. The van der Waals surface area contributed by atoms with Crippen LogP contribution in [0, 0.1) is 0 Å². The van der Waals surface area contributed by atoms with Crippen LogP contribution in [0.1, 0.15) is 91.2 Å². The van der Waals surface area contributed by atoms with Crippen LogP contribution in [-0.2, 0) is 36.4 Å². The Balaban J connectivity index is 0.00000185. The molecule has 0 atom stereocenters. The third-order valence-corrected chi connectivity index (χ3v) is 12.8. The van der Waals surface area contributed by atoms with E-state index in [9.17, 15) is 27.4 Å². The van der Waals surface area contributed by atoms with Crippen molar-refractivity contribution in [2.24, 2.45) is 0 Å². The Bertz CT molecular complexity index is 2830. The number of H-pyrrole nitrogens is 2. The average molecular weight is 916 g/mol. The maximum absolute atomic E-state index is 12.7. The molecule has 0 unspecified atom stereocenters. The van der Waals surface area contributed by atoms with Gasteiger partial charge in [0.25, 0.3) is 21.2 Å². The molecule has 0 aliphatic carbocycles. The molecular formula is C47H59N6O9S2+. The monoisotopic (exact) mass is 915 g/mol. The van der Waals surface area contributed by atoms with Crippen molar-refractivity contribution in [3.05, 3.63) is 129 Å². The van der Waals surface area contributed by atoms with Crippen LogP contribution < -0.4 is 26.2 Å². The molecule has 1 amide bonds. The molecule has 0 radical (unpaired) electrons. The Morgan fingerprint density at radius 3 is 2.23 bits per heavy atom. The van der Waals surface area contributed by atoms with Crippen molar-refractivity contribution < 1.29 is 35.0 Å². The molecule has 0 saturated carbocycles. The second kappa shape index (κ2) is 21.2. The van der Waals surface area contributed by atoms with Gasteiger partial charge >= 0.3 is 10.6 Å². The minimum Gasteiger partial charge on any atom is -0.372 e. The number of benzene rings is 3. The summed E-state index contributed by atoms with van der Waals surface area (Å²) in [5, 5.41) is 8.57. The van der Waals surface area contributed by atoms with Gasteiger partial charge in [-0.25, -0.2) is 0 Å². The van der Waals surface area contributed by atoms with Gasteiger partial charge in [-0.3, -0.25) is 29.1 Å². The largest absolute Gasteiger partial charge is 0.425 e. The lowest BCUT2D eigenvalue weighted by molar-refractivity contribution is -0.438. The van der Waals surface area contributed by atoms with E-state index in [2.05, 4.69) is 114 Å². The summed E-state index contributed by atoms with van der Waals surface area (Å²) in [5.74, 6) is 0.0701. The van der Waals surface area contributed by atoms with Crippen molar-refractivity contribution in [1.29, 1.82) is 0 Å². The highest BCUT2D eigenvalue weighted by atomic mass is 32.2. The third-order valence-electron chi connectivity index (χ3n) is 12.0. The number of fused-ring (bicyclic) bond motifs is 3. The Morgan fingerprint density at radius 1 is 0.844 bits per heavy atom. The van der Waals surface area contributed by atoms with Gasteiger partial charge in [-0.2, -0.15) is 13.0 Å². The number of hydrogen-bond acceptors (Lipinski definition) is 10. The van der Waals surface area contributed by atoms with Crippen LogP contribution in [0.25, 0.3) is 10.8 Å². The molecule has 3 aromatic carbocycles. The van der Waals surface area contributed by atoms with Crippen molar-refractivity contribution in [2.75, 3.05) is 42.5 Å². The van der Waals surface area contributed by atoms with Crippen molar-refractivity contribution >= 4 is 60.2 Å². The van der Waals surface area contributed by atoms with Crippen LogP contribution in [0.2, 0.25) is 0 Å². The first kappa shape index (κ1) is 49.1. The average Bonchev–Trinajstić information content (AvgIpc) is 3.60. The van der Waals surface area contributed by atoms with Crippen molar-refractivity contribution in [1.82, 2.24) is 15.5 Å². The lowest BCUT2D eigenvalue weighted by Gasteiger charge is -2.25. The molecule has 2 aliphatic heterocycles. The van der Waals surface area contributed by atoms with Gasteiger partial charge in [-0.05, 0) is 101 Å². The van der Waals surface area contributed by atoms with Gasteiger partial charge in [0.2, 0.25) is 11.6 Å². The number of carbonyl (C=O) groups is 1. The number of aromatic amines is 2. The maximum Gasteiger partial charge on any atom is 0.425 e.